The van der Waals surface area contributed by atoms with Gasteiger partial charge in [0.2, 0.25) is 0 Å². The summed E-state index contributed by atoms with van der Waals surface area (Å²) in [7, 11) is 1.70. The van der Waals surface area contributed by atoms with Crippen LogP contribution in [-0.2, 0) is 0 Å². The third kappa shape index (κ3) is 4.13. The average molecular weight is 331 g/mol. The summed E-state index contributed by atoms with van der Waals surface area (Å²) in [6.07, 6.45) is 6.52. The van der Waals surface area contributed by atoms with Crippen LogP contribution in [0.5, 0.6) is 5.75 Å². The average Bonchev–Trinajstić information content (AvgIpc) is 2.67. The zero-order valence-electron chi connectivity index (χ0n) is 14.7. The molecule has 0 aromatic heterocycles. The Balaban J connectivity index is 1.46. The Bertz CT molecular complexity index is 535. The molecule has 24 heavy (non-hydrogen) atoms. The SMILES string of the molecule is COc1ccccc1N1CCN(C(=O)NCC2CCCCC2)CC1. The molecule has 5 heteroatoms. The summed E-state index contributed by atoms with van der Waals surface area (Å²) in [5, 5.41) is 3.14. The van der Waals surface area contributed by atoms with E-state index in [1.807, 2.05) is 23.1 Å². The summed E-state index contributed by atoms with van der Waals surface area (Å²) >= 11 is 0. The molecule has 0 atom stereocenters. The summed E-state index contributed by atoms with van der Waals surface area (Å²) in [6.45, 7) is 4.04. The van der Waals surface area contributed by atoms with Crippen molar-refractivity contribution in [1.29, 1.82) is 0 Å². The molecule has 1 N–H and O–H groups in total. The van der Waals surface area contributed by atoms with E-state index >= 15 is 0 Å². The second kappa shape index (κ2) is 8.27. The fourth-order valence-corrected chi connectivity index (χ4v) is 3.78. The van der Waals surface area contributed by atoms with Crippen molar-refractivity contribution in [3.05, 3.63) is 24.3 Å². The number of ether oxygens (including phenoxy) is 1. The number of hydrogen-bond donors (Lipinski definition) is 1. The van der Waals surface area contributed by atoms with Crippen LogP contribution in [0.3, 0.4) is 0 Å². The second-order valence-electron chi connectivity index (χ2n) is 6.84. The van der Waals surface area contributed by atoms with Crippen molar-refractivity contribution in [2.45, 2.75) is 32.1 Å². The normalized spacial score (nSPS) is 19.2. The highest BCUT2D eigenvalue weighted by molar-refractivity contribution is 5.74. The van der Waals surface area contributed by atoms with E-state index in [2.05, 4.69) is 16.3 Å². The number of rotatable bonds is 4. The van der Waals surface area contributed by atoms with Gasteiger partial charge in [0, 0.05) is 32.7 Å². The summed E-state index contributed by atoms with van der Waals surface area (Å²) in [5.74, 6) is 1.57. The maximum Gasteiger partial charge on any atom is 0.317 e. The van der Waals surface area contributed by atoms with Crippen molar-refractivity contribution >= 4 is 11.7 Å². The van der Waals surface area contributed by atoms with Gasteiger partial charge in [-0.05, 0) is 30.9 Å². The minimum atomic E-state index is 0.0975. The number of urea groups is 1. The van der Waals surface area contributed by atoms with Gasteiger partial charge in [0.05, 0.1) is 12.8 Å². The number of methoxy groups -OCH3 is 1. The fourth-order valence-electron chi connectivity index (χ4n) is 3.78. The Morgan fingerprint density at radius 3 is 2.54 bits per heavy atom. The number of benzene rings is 1. The molecule has 2 fully saturated rings. The van der Waals surface area contributed by atoms with Crippen LogP contribution in [0.1, 0.15) is 32.1 Å². The molecule has 1 aromatic carbocycles. The molecule has 1 saturated heterocycles. The molecule has 1 aromatic rings. The van der Waals surface area contributed by atoms with E-state index < -0.39 is 0 Å². The molecule has 0 bridgehead atoms. The Labute approximate surface area is 145 Å². The molecular formula is C19H29N3O2. The van der Waals surface area contributed by atoms with E-state index in [9.17, 15) is 4.79 Å². The van der Waals surface area contributed by atoms with Gasteiger partial charge in [-0.1, -0.05) is 31.4 Å². The largest absolute Gasteiger partial charge is 0.495 e. The quantitative estimate of drug-likeness (QED) is 0.922. The van der Waals surface area contributed by atoms with Crippen molar-refractivity contribution in [3.8, 4) is 5.75 Å². The third-order valence-electron chi connectivity index (χ3n) is 5.26. The standard InChI is InChI=1S/C19H29N3O2/c1-24-18-10-6-5-9-17(18)21-11-13-22(14-12-21)19(23)20-15-16-7-3-2-4-8-16/h5-6,9-10,16H,2-4,7-8,11-15H2,1H3,(H,20,23). The number of amides is 2. The Hall–Kier alpha value is -1.91. The molecule has 0 radical (unpaired) electrons. The Morgan fingerprint density at radius 1 is 1.12 bits per heavy atom. The van der Waals surface area contributed by atoms with E-state index in [0.29, 0.717) is 5.92 Å². The fraction of sp³-hybridized carbons (Fsp3) is 0.632. The minimum Gasteiger partial charge on any atom is -0.495 e. The predicted molar refractivity (Wildman–Crippen MR) is 96.8 cm³/mol. The molecule has 5 nitrogen and oxygen atoms in total. The van der Waals surface area contributed by atoms with E-state index in [1.165, 1.54) is 32.1 Å². The van der Waals surface area contributed by atoms with Gasteiger partial charge in [-0.25, -0.2) is 4.79 Å². The van der Waals surface area contributed by atoms with Crippen LogP contribution < -0.4 is 15.0 Å². The number of piperazine rings is 1. The first-order chi connectivity index (χ1) is 11.8. The second-order valence-corrected chi connectivity index (χ2v) is 6.84. The van der Waals surface area contributed by atoms with Crippen LogP contribution in [0.25, 0.3) is 0 Å². The molecule has 3 rings (SSSR count). The van der Waals surface area contributed by atoms with Gasteiger partial charge >= 0.3 is 6.03 Å². The maximum atomic E-state index is 12.4. The summed E-state index contributed by atoms with van der Waals surface area (Å²) in [6, 6.07) is 8.18. The zero-order chi connectivity index (χ0) is 16.8. The van der Waals surface area contributed by atoms with E-state index in [0.717, 1.165) is 44.2 Å². The molecule has 2 aliphatic rings. The number of nitrogens with one attached hydrogen (secondary N) is 1. The van der Waals surface area contributed by atoms with Gasteiger partial charge in [-0.15, -0.1) is 0 Å². The molecule has 1 saturated carbocycles. The van der Waals surface area contributed by atoms with Crippen LogP contribution in [0, 0.1) is 5.92 Å². The topological polar surface area (TPSA) is 44.8 Å². The Kier molecular flexibility index (Phi) is 5.83. The lowest BCUT2D eigenvalue weighted by atomic mass is 9.89. The van der Waals surface area contributed by atoms with Crippen LogP contribution in [-0.4, -0.2) is 50.8 Å². The number of carbonyl (C=O) groups is 1. The highest BCUT2D eigenvalue weighted by Gasteiger charge is 2.23. The molecule has 0 spiro atoms. The molecule has 1 heterocycles. The first-order valence-electron chi connectivity index (χ1n) is 9.18. The van der Waals surface area contributed by atoms with Gasteiger partial charge in [-0.2, -0.15) is 0 Å². The monoisotopic (exact) mass is 331 g/mol. The van der Waals surface area contributed by atoms with Crippen molar-refractivity contribution in [2.75, 3.05) is 44.7 Å². The van der Waals surface area contributed by atoms with Gasteiger partial charge in [0.25, 0.3) is 0 Å². The number of para-hydroxylation sites is 2. The van der Waals surface area contributed by atoms with E-state index in [-0.39, 0.29) is 6.03 Å². The van der Waals surface area contributed by atoms with Gasteiger partial charge < -0.3 is 19.9 Å². The summed E-state index contributed by atoms with van der Waals surface area (Å²) in [4.78, 5) is 16.6. The van der Waals surface area contributed by atoms with Crippen molar-refractivity contribution in [3.63, 3.8) is 0 Å². The molecule has 1 aliphatic heterocycles. The van der Waals surface area contributed by atoms with Gasteiger partial charge in [0.1, 0.15) is 5.75 Å². The zero-order valence-corrected chi connectivity index (χ0v) is 14.7. The number of carbonyl (C=O) groups excluding carboxylic acids is 1. The first-order valence-corrected chi connectivity index (χ1v) is 9.18. The van der Waals surface area contributed by atoms with Crippen molar-refractivity contribution in [1.82, 2.24) is 10.2 Å². The van der Waals surface area contributed by atoms with Crippen LogP contribution in [0.15, 0.2) is 24.3 Å². The summed E-state index contributed by atoms with van der Waals surface area (Å²) < 4.78 is 5.44. The highest BCUT2D eigenvalue weighted by Crippen LogP contribution is 2.28. The minimum absolute atomic E-state index is 0.0975. The third-order valence-corrected chi connectivity index (χ3v) is 5.26. The lowest BCUT2D eigenvalue weighted by Gasteiger charge is -2.36. The number of anilines is 1. The van der Waals surface area contributed by atoms with Crippen LogP contribution >= 0.6 is 0 Å². The molecule has 0 unspecified atom stereocenters. The molecule has 1 aliphatic carbocycles. The lowest BCUT2D eigenvalue weighted by Crippen LogP contribution is -2.52. The molecular weight excluding hydrogens is 302 g/mol. The van der Waals surface area contributed by atoms with E-state index in [4.69, 9.17) is 4.74 Å². The highest BCUT2D eigenvalue weighted by atomic mass is 16.5. The van der Waals surface area contributed by atoms with Gasteiger partial charge in [0.15, 0.2) is 0 Å². The van der Waals surface area contributed by atoms with Gasteiger partial charge in [-0.3, -0.25) is 0 Å². The maximum absolute atomic E-state index is 12.4. The van der Waals surface area contributed by atoms with Crippen LogP contribution in [0.4, 0.5) is 10.5 Å². The van der Waals surface area contributed by atoms with Crippen LogP contribution in [0.2, 0.25) is 0 Å². The lowest BCUT2D eigenvalue weighted by molar-refractivity contribution is 0.190. The van der Waals surface area contributed by atoms with Crippen molar-refractivity contribution < 1.29 is 9.53 Å². The number of nitrogens with zero attached hydrogens (tertiary/aromatic N) is 2. The smallest absolute Gasteiger partial charge is 0.317 e. The van der Waals surface area contributed by atoms with Crippen molar-refractivity contribution in [2.24, 2.45) is 5.92 Å². The Morgan fingerprint density at radius 2 is 1.83 bits per heavy atom. The summed E-state index contributed by atoms with van der Waals surface area (Å²) in [5.41, 5.74) is 1.11. The molecule has 132 valence electrons. The predicted octanol–water partition coefficient (Wildman–Crippen LogP) is 3.11. The first kappa shape index (κ1) is 16.9. The van der Waals surface area contributed by atoms with E-state index in [1.54, 1.807) is 7.11 Å². The number of hydrogen-bond acceptors (Lipinski definition) is 3. The molecule has 2 amide bonds.